The van der Waals surface area contributed by atoms with E-state index < -0.39 is 11.7 Å². The maximum absolute atomic E-state index is 12.0. The predicted molar refractivity (Wildman–Crippen MR) is 98.9 cm³/mol. The van der Waals surface area contributed by atoms with E-state index in [9.17, 15) is 9.59 Å². The number of carbonyl (C=O) groups is 2. The van der Waals surface area contributed by atoms with Crippen molar-refractivity contribution in [3.8, 4) is 0 Å². The molecule has 1 aromatic rings. The van der Waals surface area contributed by atoms with Crippen molar-refractivity contribution in [2.24, 2.45) is 0 Å². The molecule has 1 heterocycles. The van der Waals surface area contributed by atoms with Crippen molar-refractivity contribution in [2.75, 3.05) is 37.4 Å². The largest absolute Gasteiger partial charge is 0.444 e. The molecule has 25 heavy (non-hydrogen) atoms. The summed E-state index contributed by atoms with van der Waals surface area (Å²) < 4.78 is 5.32. The van der Waals surface area contributed by atoms with Gasteiger partial charge in [0.05, 0.1) is 0 Å². The summed E-state index contributed by atoms with van der Waals surface area (Å²) in [5.41, 5.74) is 1.23. The van der Waals surface area contributed by atoms with E-state index in [1.165, 1.54) is 0 Å². The van der Waals surface area contributed by atoms with Crippen LogP contribution in [0.1, 0.15) is 26.3 Å². The molecule has 0 radical (unpaired) electrons. The van der Waals surface area contributed by atoms with Crippen LogP contribution in [0.5, 0.6) is 0 Å². The van der Waals surface area contributed by atoms with Crippen molar-refractivity contribution in [2.45, 2.75) is 32.9 Å². The lowest BCUT2D eigenvalue weighted by atomic mass is 10.1. The monoisotopic (exact) mass is 367 g/mol. The molecule has 1 N–H and O–H groups in total. The molecule has 6 nitrogen and oxygen atoms in total. The van der Waals surface area contributed by atoms with Gasteiger partial charge in [-0.05, 0) is 32.4 Å². The molecule has 0 bridgehead atoms. The number of anilines is 1. The van der Waals surface area contributed by atoms with Gasteiger partial charge in [-0.3, -0.25) is 15.0 Å². The maximum atomic E-state index is 12.0. The minimum absolute atomic E-state index is 0.0201. The van der Waals surface area contributed by atoms with Crippen molar-refractivity contribution in [3.63, 3.8) is 0 Å². The molecule has 0 saturated carbocycles. The second kappa shape index (κ2) is 8.54. The highest BCUT2D eigenvalue weighted by Crippen LogP contribution is 2.19. The van der Waals surface area contributed by atoms with E-state index in [1.807, 2.05) is 45.0 Å². The van der Waals surface area contributed by atoms with E-state index in [2.05, 4.69) is 10.2 Å². The van der Waals surface area contributed by atoms with E-state index in [0.717, 1.165) is 24.3 Å². The van der Waals surface area contributed by atoms with Crippen LogP contribution in [0.4, 0.5) is 10.5 Å². The Morgan fingerprint density at radius 3 is 2.40 bits per heavy atom. The molecule has 138 valence electrons. The lowest BCUT2D eigenvalue weighted by Gasteiger charge is -2.34. The molecule has 0 spiro atoms. The molecule has 2 amide bonds. The highest BCUT2D eigenvalue weighted by atomic mass is 35.5. The summed E-state index contributed by atoms with van der Waals surface area (Å²) in [5.74, 6) is 0.0103. The van der Waals surface area contributed by atoms with Crippen molar-refractivity contribution < 1.29 is 14.3 Å². The quantitative estimate of drug-likeness (QED) is 0.831. The molecule has 0 atom stereocenters. The summed E-state index contributed by atoms with van der Waals surface area (Å²) >= 11 is 5.61. The Hall–Kier alpha value is -1.79. The molecule has 0 aliphatic carbocycles. The maximum Gasteiger partial charge on any atom is 0.412 e. The van der Waals surface area contributed by atoms with Crippen LogP contribution in [-0.4, -0.2) is 59.5 Å². The summed E-state index contributed by atoms with van der Waals surface area (Å²) in [6, 6.07) is 7.69. The molecule has 1 aromatic carbocycles. The normalized spacial score (nSPS) is 15.8. The smallest absolute Gasteiger partial charge is 0.412 e. The molecule has 1 saturated heterocycles. The number of carbonyl (C=O) groups excluding carboxylic acids is 2. The summed E-state index contributed by atoms with van der Waals surface area (Å²) in [6.07, 6.45) is -0.461. The highest BCUT2D eigenvalue weighted by Gasteiger charge is 2.22. The first-order chi connectivity index (χ1) is 11.8. The summed E-state index contributed by atoms with van der Waals surface area (Å²) in [5, 5.41) is 2.82. The molecule has 1 aliphatic heterocycles. The summed E-state index contributed by atoms with van der Waals surface area (Å²) in [7, 11) is 0. The SMILES string of the molecule is CC(C)(C)OC(=O)Nc1ccccc1CN1CCN(C(=O)CCl)CC1. The summed E-state index contributed by atoms with van der Waals surface area (Å²) in [4.78, 5) is 27.7. The Bertz CT molecular complexity index is 608. The van der Waals surface area contributed by atoms with Crippen LogP contribution >= 0.6 is 11.6 Å². The van der Waals surface area contributed by atoms with Gasteiger partial charge in [-0.2, -0.15) is 0 Å². The van der Waals surface area contributed by atoms with Gasteiger partial charge in [-0.15, -0.1) is 11.6 Å². The fourth-order valence-corrected chi connectivity index (χ4v) is 2.84. The minimum Gasteiger partial charge on any atom is -0.444 e. The van der Waals surface area contributed by atoms with Crippen LogP contribution in [0.2, 0.25) is 0 Å². The number of piperazine rings is 1. The zero-order chi connectivity index (χ0) is 18.4. The molecular weight excluding hydrogens is 342 g/mol. The highest BCUT2D eigenvalue weighted by molar-refractivity contribution is 6.27. The second-order valence-corrected chi connectivity index (χ2v) is 7.34. The van der Waals surface area contributed by atoms with Gasteiger partial charge in [-0.1, -0.05) is 18.2 Å². The third-order valence-corrected chi connectivity index (χ3v) is 4.11. The number of benzene rings is 1. The van der Waals surface area contributed by atoms with Gasteiger partial charge in [0.2, 0.25) is 5.91 Å². The summed E-state index contributed by atoms with van der Waals surface area (Å²) in [6.45, 7) is 9.11. The fraction of sp³-hybridized carbons (Fsp3) is 0.556. The molecule has 1 aliphatic rings. The van der Waals surface area contributed by atoms with Gasteiger partial charge in [0.1, 0.15) is 11.5 Å². The van der Waals surface area contributed by atoms with Crippen LogP contribution in [0.3, 0.4) is 0 Å². The Morgan fingerprint density at radius 2 is 1.80 bits per heavy atom. The zero-order valence-electron chi connectivity index (χ0n) is 15.0. The average molecular weight is 368 g/mol. The number of ether oxygens (including phenoxy) is 1. The lowest BCUT2D eigenvalue weighted by Crippen LogP contribution is -2.48. The van der Waals surface area contributed by atoms with E-state index in [4.69, 9.17) is 16.3 Å². The fourth-order valence-electron chi connectivity index (χ4n) is 2.67. The number of nitrogens with zero attached hydrogens (tertiary/aromatic N) is 2. The Kier molecular flexibility index (Phi) is 6.67. The molecule has 7 heteroatoms. The average Bonchev–Trinajstić information content (AvgIpc) is 2.55. The van der Waals surface area contributed by atoms with Gasteiger partial charge < -0.3 is 9.64 Å². The Labute approximate surface area is 154 Å². The molecule has 2 rings (SSSR count). The van der Waals surface area contributed by atoms with Gasteiger partial charge in [0, 0.05) is 38.4 Å². The lowest BCUT2D eigenvalue weighted by molar-refractivity contribution is -0.130. The molecular formula is C18H26ClN3O3. The van der Waals surface area contributed by atoms with Gasteiger partial charge in [-0.25, -0.2) is 4.79 Å². The standard InChI is InChI=1S/C18H26ClN3O3/c1-18(2,3)25-17(24)20-15-7-5-4-6-14(15)13-21-8-10-22(11-9-21)16(23)12-19/h4-7H,8-13H2,1-3H3,(H,20,24). The van der Waals surface area contributed by atoms with E-state index >= 15 is 0 Å². The van der Waals surface area contributed by atoms with Crippen LogP contribution in [0.15, 0.2) is 24.3 Å². The molecule has 1 fully saturated rings. The van der Waals surface area contributed by atoms with E-state index in [-0.39, 0.29) is 11.8 Å². The van der Waals surface area contributed by atoms with Crippen LogP contribution in [0, 0.1) is 0 Å². The van der Waals surface area contributed by atoms with Crippen LogP contribution in [0.25, 0.3) is 0 Å². The van der Waals surface area contributed by atoms with Gasteiger partial charge >= 0.3 is 6.09 Å². The molecule has 0 unspecified atom stereocenters. The minimum atomic E-state index is -0.537. The number of rotatable bonds is 4. The van der Waals surface area contributed by atoms with Gasteiger partial charge in [0.25, 0.3) is 0 Å². The number of alkyl halides is 1. The van der Waals surface area contributed by atoms with E-state index in [0.29, 0.717) is 19.6 Å². The second-order valence-electron chi connectivity index (χ2n) is 7.07. The molecule has 0 aromatic heterocycles. The number of nitrogens with one attached hydrogen (secondary N) is 1. The first kappa shape index (κ1) is 19.5. The Balaban J connectivity index is 1.95. The predicted octanol–water partition coefficient (Wildman–Crippen LogP) is 2.92. The number of hydrogen-bond donors (Lipinski definition) is 1. The number of halogens is 1. The van der Waals surface area contributed by atoms with Crippen LogP contribution in [-0.2, 0) is 16.1 Å². The van der Waals surface area contributed by atoms with Crippen molar-refractivity contribution in [1.82, 2.24) is 9.80 Å². The topological polar surface area (TPSA) is 61.9 Å². The zero-order valence-corrected chi connectivity index (χ0v) is 15.8. The van der Waals surface area contributed by atoms with Gasteiger partial charge in [0.15, 0.2) is 0 Å². The van der Waals surface area contributed by atoms with Crippen molar-refractivity contribution >= 4 is 29.3 Å². The number of para-hydroxylation sites is 1. The Morgan fingerprint density at radius 1 is 1.16 bits per heavy atom. The number of hydrogen-bond acceptors (Lipinski definition) is 4. The first-order valence-corrected chi connectivity index (χ1v) is 8.96. The van der Waals surface area contributed by atoms with Crippen molar-refractivity contribution in [3.05, 3.63) is 29.8 Å². The third-order valence-electron chi connectivity index (χ3n) is 3.89. The number of amides is 2. The van der Waals surface area contributed by atoms with Crippen LogP contribution < -0.4 is 5.32 Å². The van der Waals surface area contributed by atoms with Crippen molar-refractivity contribution in [1.29, 1.82) is 0 Å². The third kappa shape index (κ3) is 6.21. The van der Waals surface area contributed by atoms with E-state index in [1.54, 1.807) is 4.90 Å². The first-order valence-electron chi connectivity index (χ1n) is 8.42.